The number of aromatic amines is 1. The van der Waals surface area contributed by atoms with E-state index in [0.29, 0.717) is 5.56 Å². The van der Waals surface area contributed by atoms with Crippen molar-refractivity contribution in [3.8, 4) is 11.3 Å². The summed E-state index contributed by atoms with van der Waals surface area (Å²) in [7, 11) is 0. The van der Waals surface area contributed by atoms with Gasteiger partial charge in [0.2, 0.25) is 5.69 Å². The fourth-order valence-electron chi connectivity index (χ4n) is 1.93. The lowest BCUT2D eigenvalue weighted by molar-refractivity contribution is 0.0685. The number of benzene rings is 1. The van der Waals surface area contributed by atoms with Crippen LogP contribution in [-0.4, -0.2) is 26.4 Å². The Bertz CT molecular complexity index is 742. The van der Waals surface area contributed by atoms with Crippen LogP contribution in [0.25, 0.3) is 22.2 Å². The van der Waals surface area contributed by atoms with Crippen molar-refractivity contribution >= 4 is 16.9 Å². The molecule has 6 nitrogen and oxygen atoms in total. The second-order valence-electron chi connectivity index (χ2n) is 4.00. The van der Waals surface area contributed by atoms with Crippen LogP contribution in [0, 0.1) is 6.92 Å². The molecular weight excluding hydrogens is 234 g/mol. The molecule has 6 heteroatoms. The Labute approximate surface area is 101 Å². The summed E-state index contributed by atoms with van der Waals surface area (Å²) in [6.07, 6.45) is 1.90. The highest BCUT2D eigenvalue weighted by molar-refractivity contribution is 5.94. The van der Waals surface area contributed by atoms with E-state index in [4.69, 9.17) is 5.11 Å². The number of nitrogens with zero attached hydrogens (tertiary/aromatic N) is 2. The third kappa shape index (κ3) is 1.46. The molecular formula is C12H9N3O3. The van der Waals surface area contributed by atoms with E-state index in [9.17, 15) is 4.79 Å². The molecule has 0 saturated carbocycles. The number of aromatic nitrogens is 3. The summed E-state index contributed by atoms with van der Waals surface area (Å²) >= 11 is 0. The fourth-order valence-corrected chi connectivity index (χ4v) is 1.93. The molecule has 0 radical (unpaired) electrons. The van der Waals surface area contributed by atoms with Gasteiger partial charge in [0.25, 0.3) is 0 Å². The normalized spacial score (nSPS) is 10.9. The topological polar surface area (TPSA) is 92.0 Å². The Morgan fingerprint density at radius 3 is 3.00 bits per heavy atom. The Hall–Kier alpha value is -2.63. The molecule has 1 aromatic carbocycles. The zero-order valence-electron chi connectivity index (χ0n) is 9.47. The average molecular weight is 243 g/mol. The van der Waals surface area contributed by atoms with Crippen molar-refractivity contribution in [1.82, 2.24) is 15.3 Å². The van der Waals surface area contributed by atoms with Crippen molar-refractivity contribution in [3.05, 3.63) is 35.7 Å². The van der Waals surface area contributed by atoms with Gasteiger partial charge in [-0.05, 0) is 34.9 Å². The van der Waals surface area contributed by atoms with Crippen LogP contribution in [0.3, 0.4) is 0 Å². The van der Waals surface area contributed by atoms with Gasteiger partial charge in [0.05, 0.1) is 0 Å². The lowest BCUT2D eigenvalue weighted by atomic mass is 10.1. The number of hydrogen-bond acceptors (Lipinski definition) is 4. The van der Waals surface area contributed by atoms with Gasteiger partial charge in [-0.1, -0.05) is 6.07 Å². The van der Waals surface area contributed by atoms with Crippen LogP contribution in [0.1, 0.15) is 16.1 Å². The van der Waals surface area contributed by atoms with Gasteiger partial charge in [-0.2, -0.15) is 0 Å². The number of hydrogen-bond donors (Lipinski definition) is 2. The molecule has 2 aromatic heterocycles. The van der Waals surface area contributed by atoms with E-state index in [-0.39, 0.29) is 11.4 Å². The van der Waals surface area contributed by atoms with E-state index in [1.54, 1.807) is 6.07 Å². The summed E-state index contributed by atoms with van der Waals surface area (Å²) in [5.41, 5.74) is 2.81. The SMILES string of the molecule is Cc1c[nH]c2ccc(-c3nonc3C(=O)O)cc12. The quantitative estimate of drug-likeness (QED) is 0.720. The molecule has 0 unspecified atom stereocenters. The van der Waals surface area contributed by atoms with Gasteiger partial charge in [0.1, 0.15) is 5.69 Å². The van der Waals surface area contributed by atoms with E-state index in [1.165, 1.54) is 0 Å². The molecule has 0 atom stereocenters. The van der Waals surface area contributed by atoms with Gasteiger partial charge in [0, 0.05) is 22.7 Å². The monoisotopic (exact) mass is 243 g/mol. The number of aromatic carboxylic acids is 1. The Morgan fingerprint density at radius 1 is 1.39 bits per heavy atom. The molecule has 0 fully saturated rings. The molecule has 0 spiro atoms. The molecule has 90 valence electrons. The highest BCUT2D eigenvalue weighted by atomic mass is 16.6. The van der Waals surface area contributed by atoms with Gasteiger partial charge >= 0.3 is 5.97 Å². The van der Waals surface area contributed by atoms with E-state index < -0.39 is 5.97 Å². The molecule has 0 saturated heterocycles. The van der Waals surface area contributed by atoms with Crippen LogP contribution >= 0.6 is 0 Å². The first-order chi connectivity index (χ1) is 8.66. The smallest absolute Gasteiger partial charge is 0.360 e. The third-order valence-corrected chi connectivity index (χ3v) is 2.85. The molecule has 0 aliphatic heterocycles. The second kappa shape index (κ2) is 3.69. The molecule has 0 aliphatic carbocycles. The zero-order chi connectivity index (χ0) is 12.7. The summed E-state index contributed by atoms with van der Waals surface area (Å²) in [5.74, 6) is -1.16. The molecule has 0 amide bonds. The first-order valence-electron chi connectivity index (χ1n) is 5.31. The van der Waals surface area contributed by atoms with Crippen molar-refractivity contribution in [2.45, 2.75) is 6.92 Å². The van der Waals surface area contributed by atoms with Crippen molar-refractivity contribution in [2.75, 3.05) is 0 Å². The number of carbonyl (C=O) groups is 1. The van der Waals surface area contributed by atoms with Crippen LogP contribution in [0.5, 0.6) is 0 Å². The minimum atomic E-state index is -1.16. The maximum Gasteiger partial charge on any atom is 0.360 e. The second-order valence-corrected chi connectivity index (χ2v) is 4.00. The minimum Gasteiger partial charge on any atom is -0.476 e. The third-order valence-electron chi connectivity index (χ3n) is 2.85. The lowest BCUT2D eigenvalue weighted by Gasteiger charge is -1.98. The maximum atomic E-state index is 11.0. The van der Waals surface area contributed by atoms with Crippen molar-refractivity contribution in [3.63, 3.8) is 0 Å². The highest BCUT2D eigenvalue weighted by Gasteiger charge is 2.19. The van der Waals surface area contributed by atoms with Gasteiger partial charge in [-0.3, -0.25) is 0 Å². The Kier molecular flexibility index (Phi) is 2.16. The van der Waals surface area contributed by atoms with Gasteiger partial charge in [-0.25, -0.2) is 9.42 Å². The fraction of sp³-hybridized carbons (Fsp3) is 0.0833. The first-order valence-corrected chi connectivity index (χ1v) is 5.31. The molecule has 0 aliphatic rings. The van der Waals surface area contributed by atoms with Gasteiger partial charge in [-0.15, -0.1) is 0 Å². The summed E-state index contributed by atoms with van der Waals surface area (Å²) in [6.45, 7) is 1.97. The molecule has 3 rings (SSSR count). The van der Waals surface area contributed by atoms with Crippen LogP contribution < -0.4 is 0 Å². The number of aryl methyl sites for hydroxylation is 1. The average Bonchev–Trinajstić information content (AvgIpc) is 2.96. The minimum absolute atomic E-state index is 0.178. The van der Waals surface area contributed by atoms with Crippen LogP contribution in [0.4, 0.5) is 0 Å². The molecule has 0 bridgehead atoms. The standard InChI is InChI=1S/C12H9N3O3/c1-6-5-13-9-3-2-7(4-8(6)9)10-11(12(16)17)15-18-14-10/h2-5,13H,1H3,(H,16,17). The molecule has 18 heavy (non-hydrogen) atoms. The van der Waals surface area contributed by atoms with Crippen molar-refractivity contribution in [2.24, 2.45) is 0 Å². The summed E-state index contributed by atoms with van der Waals surface area (Å²) in [4.78, 5) is 14.1. The van der Waals surface area contributed by atoms with Crippen molar-refractivity contribution < 1.29 is 14.5 Å². The molecule has 3 aromatic rings. The van der Waals surface area contributed by atoms with Crippen LogP contribution in [0.2, 0.25) is 0 Å². The van der Waals surface area contributed by atoms with E-state index in [1.807, 2.05) is 25.3 Å². The number of H-pyrrole nitrogens is 1. The van der Waals surface area contributed by atoms with E-state index in [0.717, 1.165) is 16.5 Å². The Balaban J connectivity index is 2.22. The van der Waals surface area contributed by atoms with E-state index >= 15 is 0 Å². The predicted octanol–water partition coefficient (Wildman–Crippen LogP) is 2.22. The first kappa shape index (κ1) is 10.5. The number of rotatable bonds is 2. The largest absolute Gasteiger partial charge is 0.476 e. The number of nitrogens with one attached hydrogen (secondary N) is 1. The highest BCUT2D eigenvalue weighted by Crippen LogP contribution is 2.26. The lowest BCUT2D eigenvalue weighted by Crippen LogP contribution is -1.99. The van der Waals surface area contributed by atoms with Crippen LogP contribution in [-0.2, 0) is 0 Å². The number of fused-ring (bicyclic) bond motifs is 1. The summed E-state index contributed by atoms with van der Waals surface area (Å²) < 4.78 is 4.50. The number of carboxylic acid groups (broad SMARTS) is 1. The van der Waals surface area contributed by atoms with E-state index in [2.05, 4.69) is 19.9 Å². The maximum absolute atomic E-state index is 11.0. The van der Waals surface area contributed by atoms with Crippen LogP contribution in [0.15, 0.2) is 29.0 Å². The predicted molar refractivity (Wildman–Crippen MR) is 63.3 cm³/mol. The zero-order valence-corrected chi connectivity index (χ0v) is 9.47. The van der Waals surface area contributed by atoms with Gasteiger partial charge in [0.15, 0.2) is 0 Å². The summed E-state index contributed by atoms with van der Waals surface area (Å²) in [6, 6.07) is 5.52. The summed E-state index contributed by atoms with van der Waals surface area (Å²) in [5, 5.41) is 17.0. The molecule has 2 N–H and O–H groups in total. The Morgan fingerprint density at radius 2 is 2.22 bits per heavy atom. The molecule has 2 heterocycles. The number of carboxylic acids is 1. The van der Waals surface area contributed by atoms with Gasteiger partial charge < -0.3 is 10.1 Å². The van der Waals surface area contributed by atoms with Crippen molar-refractivity contribution in [1.29, 1.82) is 0 Å².